The molecular weight excluding hydrogens is 194 g/mol. The molecule has 0 saturated heterocycles. The molecule has 0 aliphatic rings. The van der Waals surface area contributed by atoms with Crippen molar-refractivity contribution < 1.29 is 14.7 Å². The Labute approximate surface area is 91.3 Å². The third-order valence-electron chi connectivity index (χ3n) is 2.54. The van der Waals surface area contributed by atoms with Crippen molar-refractivity contribution in [1.29, 1.82) is 0 Å². The highest BCUT2D eigenvalue weighted by molar-refractivity contribution is 5.97. The number of carboxylic acid groups (broad SMARTS) is 1. The normalized spacial score (nSPS) is 13.8. The van der Waals surface area contributed by atoms with Gasteiger partial charge in [0.15, 0.2) is 0 Å². The Balaban J connectivity index is 4.89. The minimum atomic E-state index is -1.05. The van der Waals surface area contributed by atoms with Crippen molar-refractivity contribution >= 4 is 11.9 Å². The summed E-state index contributed by atoms with van der Waals surface area (Å²) in [6.07, 6.45) is 0. The first-order chi connectivity index (χ1) is 6.59. The Morgan fingerprint density at radius 3 is 1.80 bits per heavy atom. The first-order valence-corrected chi connectivity index (χ1v) is 5.09. The van der Waals surface area contributed by atoms with E-state index < -0.39 is 11.9 Å². The van der Waals surface area contributed by atoms with Crippen LogP contribution in [0.15, 0.2) is 0 Å². The summed E-state index contributed by atoms with van der Waals surface area (Å²) in [7, 11) is 1.64. The first-order valence-electron chi connectivity index (χ1n) is 5.09. The summed E-state index contributed by atoms with van der Waals surface area (Å²) in [5.41, 5.74) is -0.348. The van der Waals surface area contributed by atoms with E-state index in [-0.39, 0.29) is 17.4 Å². The minimum Gasteiger partial charge on any atom is -0.481 e. The quantitative estimate of drug-likeness (QED) is 0.727. The number of carbonyl (C=O) groups is 2. The minimum absolute atomic E-state index is 0.195. The fourth-order valence-corrected chi connectivity index (χ4v) is 1.22. The van der Waals surface area contributed by atoms with Gasteiger partial charge in [0.1, 0.15) is 5.92 Å². The highest BCUT2D eigenvalue weighted by atomic mass is 16.4. The average molecular weight is 215 g/mol. The van der Waals surface area contributed by atoms with Crippen molar-refractivity contribution in [2.24, 2.45) is 11.8 Å². The third kappa shape index (κ3) is 3.53. The molecule has 88 valence electrons. The number of hydrogen-bond acceptors (Lipinski definition) is 2. The van der Waals surface area contributed by atoms with Crippen LogP contribution in [0.1, 0.15) is 34.6 Å². The van der Waals surface area contributed by atoms with Crippen LogP contribution in [0.25, 0.3) is 0 Å². The largest absolute Gasteiger partial charge is 0.481 e. The van der Waals surface area contributed by atoms with Gasteiger partial charge in [0, 0.05) is 12.6 Å². The van der Waals surface area contributed by atoms with Crippen LogP contribution in [-0.2, 0) is 9.59 Å². The topological polar surface area (TPSA) is 57.6 Å². The lowest BCUT2D eigenvalue weighted by atomic mass is 9.93. The van der Waals surface area contributed by atoms with Crippen molar-refractivity contribution in [2.45, 2.75) is 40.2 Å². The highest BCUT2D eigenvalue weighted by Crippen LogP contribution is 2.19. The number of carboxylic acids is 1. The maximum absolute atomic E-state index is 11.9. The van der Waals surface area contributed by atoms with Crippen LogP contribution in [0.5, 0.6) is 0 Å². The monoisotopic (exact) mass is 215 g/mol. The second-order valence-corrected chi connectivity index (χ2v) is 5.13. The summed E-state index contributed by atoms with van der Waals surface area (Å²) in [6.45, 7) is 9.12. The van der Waals surface area contributed by atoms with Crippen molar-refractivity contribution in [2.75, 3.05) is 7.05 Å². The smallest absolute Gasteiger partial charge is 0.316 e. The van der Waals surface area contributed by atoms with E-state index >= 15 is 0 Å². The van der Waals surface area contributed by atoms with Gasteiger partial charge in [-0.25, -0.2) is 0 Å². The fraction of sp³-hybridized carbons (Fsp3) is 0.818. The lowest BCUT2D eigenvalue weighted by molar-refractivity contribution is -0.154. The maximum atomic E-state index is 11.9. The van der Waals surface area contributed by atoms with E-state index in [9.17, 15) is 9.59 Å². The summed E-state index contributed by atoms with van der Waals surface area (Å²) in [4.78, 5) is 24.4. The summed E-state index contributed by atoms with van der Waals surface area (Å²) < 4.78 is 0. The van der Waals surface area contributed by atoms with Crippen LogP contribution in [0.2, 0.25) is 0 Å². The van der Waals surface area contributed by atoms with Gasteiger partial charge in [-0.05, 0) is 26.7 Å². The van der Waals surface area contributed by atoms with Crippen LogP contribution in [-0.4, -0.2) is 34.5 Å². The van der Waals surface area contributed by atoms with Crippen molar-refractivity contribution in [1.82, 2.24) is 4.90 Å². The number of rotatable bonds is 3. The Kier molecular flexibility index (Phi) is 4.31. The summed E-state index contributed by atoms with van der Waals surface area (Å²) in [6, 6.07) is 0. The lowest BCUT2D eigenvalue weighted by Crippen LogP contribution is -2.48. The van der Waals surface area contributed by atoms with E-state index in [1.54, 1.807) is 20.9 Å². The van der Waals surface area contributed by atoms with Gasteiger partial charge in [-0.2, -0.15) is 0 Å². The van der Waals surface area contributed by atoms with Gasteiger partial charge < -0.3 is 10.0 Å². The molecule has 1 N–H and O–H groups in total. The zero-order chi connectivity index (χ0) is 12.4. The van der Waals surface area contributed by atoms with Crippen molar-refractivity contribution in [3.63, 3.8) is 0 Å². The van der Waals surface area contributed by atoms with Crippen LogP contribution in [0, 0.1) is 11.8 Å². The molecule has 0 aliphatic carbocycles. The third-order valence-corrected chi connectivity index (χ3v) is 2.54. The van der Waals surface area contributed by atoms with Crippen LogP contribution < -0.4 is 0 Å². The second-order valence-electron chi connectivity index (χ2n) is 5.13. The zero-order valence-electron chi connectivity index (χ0n) is 10.4. The lowest BCUT2D eigenvalue weighted by Gasteiger charge is -2.34. The number of amides is 1. The highest BCUT2D eigenvalue weighted by Gasteiger charge is 2.35. The summed E-state index contributed by atoms with van der Waals surface area (Å²) in [5.74, 6) is -2.52. The second kappa shape index (κ2) is 4.64. The molecule has 0 radical (unpaired) electrons. The average Bonchev–Trinajstić information content (AvgIpc) is 1.99. The van der Waals surface area contributed by atoms with Crippen molar-refractivity contribution in [3.05, 3.63) is 0 Å². The molecule has 0 aliphatic heterocycles. The number of nitrogens with zero attached hydrogens (tertiary/aromatic N) is 1. The van der Waals surface area contributed by atoms with Gasteiger partial charge >= 0.3 is 5.97 Å². The van der Waals surface area contributed by atoms with Gasteiger partial charge in [-0.1, -0.05) is 13.8 Å². The number of carbonyl (C=O) groups excluding carboxylic acids is 1. The summed E-state index contributed by atoms with van der Waals surface area (Å²) in [5, 5.41) is 8.98. The molecule has 0 rings (SSSR count). The Morgan fingerprint density at radius 1 is 1.20 bits per heavy atom. The molecule has 4 heteroatoms. The van der Waals surface area contributed by atoms with E-state index in [1.807, 2.05) is 20.8 Å². The standard InChI is InChI=1S/C11H21NO3/c1-7(2)8(10(14)15)9(13)12(6)11(3,4)5/h7-8H,1-6H3,(H,14,15). The molecule has 1 amide bonds. The zero-order valence-corrected chi connectivity index (χ0v) is 10.4. The molecule has 0 spiro atoms. The van der Waals surface area contributed by atoms with Crippen molar-refractivity contribution in [3.8, 4) is 0 Å². The molecule has 15 heavy (non-hydrogen) atoms. The predicted octanol–water partition coefficient (Wildman–Crippen LogP) is 1.60. The van der Waals surface area contributed by atoms with E-state index in [2.05, 4.69) is 0 Å². The predicted molar refractivity (Wildman–Crippen MR) is 58.5 cm³/mol. The van der Waals surface area contributed by atoms with Gasteiger partial charge in [0.05, 0.1) is 0 Å². The first kappa shape index (κ1) is 13.9. The maximum Gasteiger partial charge on any atom is 0.316 e. The Hall–Kier alpha value is -1.06. The molecule has 0 saturated carbocycles. The number of hydrogen-bond donors (Lipinski definition) is 1. The molecule has 1 unspecified atom stereocenters. The molecule has 1 atom stereocenters. The van der Waals surface area contributed by atoms with E-state index in [4.69, 9.17) is 5.11 Å². The Morgan fingerprint density at radius 2 is 1.60 bits per heavy atom. The SMILES string of the molecule is CC(C)C(C(=O)O)C(=O)N(C)C(C)(C)C. The van der Waals surface area contributed by atoms with Crippen LogP contribution >= 0.6 is 0 Å². The van der Waals surface area contributed by atoms with Gasteiger partial charge in [0.2, 0.25) is 5.91 Å². The Bertz CT molecular complexity index is 253. The molecule has 0 heterocycles. The number of aliphatic carboxylic acids is 1. The molecule has 0 aromatic heterocycles. The van der Waals surface area contributed by atoms with Crippen LogP contribution in [0.4, 0.5) is 0 Å². The molecule has 0 aromatic rings. The van der Waals surface area contributed by atoms with Gasteiger partial charge in [0.25, 0.3) is 0 Å². The summed E-state index contributed by atoms with van der Waals surface area (Å²) >= 11 is 0. The van der Waals surface area contributed by atoms with Gasteiger partial charge in [-0.3, -0.25) is 9.59 Å². The molecule has 0 aromatic carbocycles. The fourth-order valence-electron chi connectivity index (χ4n) is 1.22. The molecule has 4 nitrogen and oxygen atoms in total. The van der Waals surface area contributed by atoms with Gasteiger partial charge in [-0.15, -0.1) is 0 Å². The van der Waals surface area contributed by atoms with E-state index in [0.29, 0.717) is 0 Å². The molecule has 0 fully saturated rings. The molecular formula is C11H21NO3. The van der Waals surface area contributed by atoms with E-state index in [1.165, 1.54) is 4.90 Å². The molecule has 0 bridgehead atoms. The van der Waals surface area contributed by atoms with Crippen LogP contribution in [0.3, 0.4) is 0 Å². The van der Waals surface area contributed by atoms with E-state index in [0.717, 1.165) is 0 Å².